The number of hydrogen-bond donors (Lipinski definition) is 0. The van der Waals surface area contributed by atoms with Crippen LogP contribution in [0.3, 0.4) is 0 Å². The molecule has 1 aliphatic heterocycles. The van der Waals surface area contributed by atoms with Crippen molar-refractivity contribution in [2.45, 2.75) is 18.5 Å². The van der Waals surface area contributed by atoms with Crippen molar-refractivity contribution in [1.82, 2.24) is 0 Å². The summed E-state index contributed by atoms with van der Waals surface area (Å²) in [5.41, 5.74) is 1.61. The molecule has 0 N–H and O–H groups in total. The molecule has 0 saturated carbocycles. The maximum atomic E-state index is 12.1. The predicted molar refractivity (Wildman–Crippen MR) is 89.4 cm³/mol. The van der Waals surface area contributed by atoms with E-state index in [0.29, 0.717) is 0 Å². The van der Waals surface area contributed by atoms with Crippen LogP contribution < -0.4 is 9.47 Å². The van der Waals surface area contributed by atoms with Crippen LogP contribution in [0.25, 0.3) is 0 Å². The Morgan fingerprint density at radius 1 is 0.800 bits per heavy atom. The molecule has 6 heteroatoms. The molecule has 2 aromatic rings. The second-order valence-electron chi connectivity index (χ2n) is 5.51. The van der Waals surface area contributed by atoms with Crippen molar-refractivity contribution in [3.05, 3.63) is 59.7 Å². The lowest BCUT2D eigenvalue weighted by Gasteiger charge is -2.15. The van der Waals surface area contributed by atoms with E-state index in [0.717, 1.165) is 22.6 Å². The molecule has 25 heavy (non-hydrogen) atoms. The van der Waals surface area contributed by atoms with Gasteiger partial charge in [-0.1, -0.05) is 24.3 Å². The second-order valence-corrected chi connectivity index (χ2v) is 5.51. The quantitative estimate of drug-likeness (QED) is 0.777. The van der Waals surface area contributed by atoms with Gasteiger partial charge in [-0.2, -0.15) is 0 Å². The molecule has 0 bridgehead atoms. The molecule has 1 aliphatic rings. The Bertz CT molecular complexity index is 710. The minimum Gasteiger partial charge on any atom is -0.497 e. The monoisotopic (exact) mass is 344 g/mol. The van der Waals surface area contributed by atoms with E-state index in [2.05, 4.69) is 0 Å². The Balaban J connectivity index is 1.85. The third-order valence-corrected chi connectivity index (χ3v) is 4.08. The molecule has 1 fully saturated rings. The first-order valence-corrected chi connectivity index (χ1v) is 7.83. The summed E-state index contributed by atoms with van der Waals surface area (Å²) in [5, 5.41) is 0. The minimum absolute atomic E-state index is 0.475. The summed E-state index contributed by atoms with van der Waals surface area (Å²) in [6.45, 7) is 0. The standard InChI is InChI=1S/C19H20O6/c1-21-14-8-4-12(5-9-14)16-17(18(20)23-3)25-19(24-16)13-6-10-15(22-2)11-7-13/h4-11,16-17,19H,1-3H3/t16-,17-,19+/m0/s1. The van der Waals surface area contributed by atoms with E-state index in [9.17, 15) is 4.79 Å². The van der Waals surface area contributed by atoms with Crippen molar-refractivity contribution in [3.63, 3.8) is 0 Å². The number of carbonyl (C=O) groups is 1. The van der Waals surface area contributed by atoms with Gasteiger partial charge in [-0.25, -0.2) is 4.79 Å². The molecule has 2 aromatic carbocycles. The largest absolute Gasteiger partial charge is 0.497 e. The minimum atomic E-state index is -0.842. The van der Waals surface area contributed by atoms with Crippen molar-refractivity contribution >= 4 is 5.97 Å². The van der Waals surface area contributed by atoms with Gasteiger partial charge in [0.05, 0.1) is 21.3 Å². The van der Waals surface area contributed by atoms with Crippen LogP contribution in [-0.2, 0) is 19.0 Å². The normalized spacial score (nSPS) is 22.4. The maximum Gasteiger partial charge on any atom is 0.338 e. The molecule has 0 spiro atoms. The third kappa shape index (κ3) is 3.60. The van der Waals surface area contributed by atoms with Crippen LogP contribution in [0, 0.1) is 0 Å². The number of benzene rings is 2. The second kappa shape index (κ2) is 7.55. The van der Waals surface area contributed by atoms with E-state index >= 15 is 0 Å². The summed E-state index contributed by atoms with van der Waals surface area (Å²) in [5.74, 6) is 0.985. The summed E-state index contributed by atoms with van der Waals surface area (Å²) in [7, 11) is 4.53. The van der Waals surface area contributed by atoms with Gasteiger partial charge >= 0.3 is 5.97 Å². The molecule has 132 valence electrons. The van der Waals surface area contributed by atoms with E-state index in [1.807, 2.05) is 48.5 Å². The summed E-state index contributed by atoms with van der Waals surface area (Å²) < 4.78 is 27.0. The molecule has 6 nitrogen and oxygen atoms in total. The Labute approximate surface area is 146 Å². The fraction of sp³-hybridized carbons (Fsp3) is 0.316. The third-order valence-electron chi connectivity index (χ3n) is 4.08. The summed E-state index contributed by atoms with van der Waals surface area (Å²) in [6, 6.07) is 14.6. The summed E-state index contributed by atoms with van der Waals surface area (Å²) >= 11 is 0. The number of carbonyl (C=O) groups excluding carboxylic acids is 1. The maximum absolute atomic E-state index is 12.1. The highest BCUT2D eigenvalue weighted by Gasteiger charge is 2.43. The highest BCUT2D eigenvalue weighted by atomic mass is 16.7. The van der Waals surface area contributed by atoms with E-state index in [4.69, 9.17) is 23.7 Å². The van der Waals surface area contributed by atoms with Gasteiger partial charge in [0, 0.05) is 5.56 Å². The Hall–Kier alpha value is -2.57. The molecular weight excluding hydrogens is 324 g/mol. The molecule has 0 unspecified atom stereocenters. The van der Waals surface area contributed by atoms with Gasteiger partial charge in [-0.3, -0.25) is 0 Å². The lowest BCUT2D eigenvalue weighted by atomic mass is 10.0. The number of rotatable bonds is 5. The van der Waals surface area contributed by atoms with Crippen LogP contribution in [0.5, 0.6) is 11.5 Å². The van der Waals surface area contributed by atoms with Crippen molar-refractivity contribution < 1.29 is 28.5 Å². The number of hydrogen-bond acceptors (Lipinski definition) is 6. The number of ether oxygens (including phenoxy) is 5. The molecule has 3 atom stereocenters. The van der Waals surface area contributed by atoms with Crippen LogP contribution in [0.1, 0.15) is 23.5 Å². The van der Waals surface area contributed by atoms with Crippen LogP contribution in [-0.4, -0.2) is 33.4 Å². The fourth-order valence-corrected chi connectivity index (χ4v) is 2.70. The molecular formula is C19H20O6. The van der Waals surface area contributed by atoms with Crippen LogP contribution in [0.15, 0.2) is 48.5 Å². The van der Waals surface area contributed by atoms with Crippen LogP contribution in [0.4, 0.5) is 0 Å². The Morgan fingerprint density at radius 2 is 1.32 bits per heavy atom. The lowest BCUT2D eigenvalue weighted by molar-refractivity contribution is -0.154. The van der Waals surface area contributed by atoms with Crippen molar-refractivity contribution in [2.24, 2.45) is 0 Å². The van der Waals surface area contributed by atoms with Crippen molar-refractivity contribution in [1.29, 1.82) is 0 Å². The van der Waals surface area contributed by atoms with Gasteiger partial charge < -0.3 is 23.7 Å². The zero-order valence-corrected chi connectivity index (χ0v) is 14.3. The highest BCUT2D eigenvalue weighted by molar-refractivity contribution is 5.76. The van der Waals surface area contributed by atoms with Gasteiger partial charge in [0.15, 0.2) is 12.4 Å². The van der Waals surface area contributed by atoms with Gasteiger partial charge in [0.25, 0.3) is 0 Å². The van der Waals surface area contributed by atoms with E-state index < -0.39 is 24.5 Å². The molecule has 0 aromatic heterocycles. The van der Waals surface area contributed by atoms with Crippen LogP contribution in [0.2, 0.25) is 0 Å². The predicted octanol–water partition coefficient (Wildman–Crippen LogP) is 3.03. The highest BCUT2D eigenvalue weighted by Crippen LogP contribution is 2.41. The van der Waals surface area contributed by atoms with Crippen molar-refractivity contribution in [2.75, 3.05) is 21.3 Å². The first-order chi connectivity index (χ1) is 12.2. The lowest BCUT2D eigenvalue weighted by Crippen LogP contribution is -2.27. The summed E-state index contributed by atoms with van der Waals surface area (Å²) in [6.07, 6.45) is -2.07. The van der Waals surface area contributed by atoms with E-state index in [1.54, 1.807) is 14.2 Å². The van der Waals surface area contributed by atoms with E-state index in [-0.39, 0.29) is 0 Å². The Kier molecular flexibility index (Phi) is 5.21. The van der Waals surface area contributed by atoms with Crippen molar-refractivity contribution in [3.8, 4) is 11.5 Å². The number of methoxy groups -OCH3 is 3. The summed E-state index contributed by atoms with van der Waals surface area (Å²) in [4.78, 5) is 12.1. The molecule has 1 saturated heterocycles. The molecule has 0 radical (unpaired) electrons. The number of esters is 1. The van der Waals surface area contributed by atoms with Gasteiger partial charge in [0.2, 0.25) is 0 Å². The van der Waals surface area contributed by atoms with Gasteiger partial charge in [-0.15, -0.1) is 0 Å². The van der Waals surface area contributed by atoms with Gasteiger partial charge in [-0.05, 0) is 29.8 Å². The molecule has 3 rings (SSSR count). The molecule has 0 aliphatic carbocycles. The topological polar surface area (TPSA) is 63.2 Å². The first-order valence-electron chi connectivity index (χ1n) is 7.83. The average Bonchev–Trinajstić information content (AvgIpc) is 3.13. The zero-order chi connectivity index (χ0) is 17.8. The molecule has 0 amide bonds. The average molecular weight is 344 g/mol. The fourth-order valence-electron chi connectivity index (χ4n) is 2.70. The zero-order valence-electron chi connectivity index (χ0n) is 14.3. The first kappa shape index (κ1) is 17.3. The van der Waals surface area contributed by atoms with Gasteiger partial charge in [0.1, 0.15) is 17.6 Å². The smallest absolute Gasteiger partial charge is 0.338 e. The Morgan fingerprint density at radius 3 is 1.80 bits per heavy atom. The van der Waals surface area contributed by atoms with Crippen LogP contribution >= 0.6 is 0 Å². The van der Waals surface area contributed by atoms with E-state index in [1.165, 1.54) is 7.11 Å². The SMILES string of the molecule is COC(=O)[C@H]1O[C@H](c2ccc(OC)cc2)O[C@H]1c1ccc(OC)cc1. The molecule has 1 heterocycles.